The third-order valence-corrected chi connectivity index (χ3v) is 3.57. The van der Waals surface area contributed by atoms with Gasteiger partial charge in [0.05, 0.1) is 13.7 Å². The highest BCUT2D eigenvalue weighted by atomic mass is 16.5. The van der Waals surface area contributed by atoms with E-state index in [0.717, 1.165) is 5.56 Å². The maximum Gasteiger partial charge on any atom is 0.341 e. The van der Waals surface area contributed by atoms with Gasteiger partial charge in [0, 0.05) is 18.7 Å². The van der Waals surface area contributed by atoms with E-state index >= 15 is 0 Å². The van der Waals surface area contributed by atoms with Crippen LogP contribution in [0.4, 0.5) is 0 Å². The summed E-state index contributed by atoms with van der Waals surface area (Å²) < 4.78 is 10.2. The van der Waals surface area contributed by atoms with Crippen LogP contribution in [0.1, 0.15) is 37.8 Å². The Bertz CT molecular complexity index is 704. The van der Waals surface area contributed by atoms with Gasteiger partial charge in [-0.05, 0) is 32.0 Å². The molecule has 24 heavy (non-hydrogen) atoms. The number of ether oxygens (including phenoxy) is 1. The van der Waals surface area contributed by atoms with Crippen LogP contribution in [0, 0.1) is 13.8 Å². The van der Waals surface area contributed by atoms with Gasteiger partial charge in [0.15, 0.2) is 0 Å². The summed E-state index contributed by atoms with van der Waals surface area (Å²) in [5, 5.41) is 6.00. The fraction of sp³-hybridized carbons (Fsp3) is 0.333. The van der Waals surface area contributed by atoms with Crippen molar-refractivity contribution in [3.05, 3.63) is 58.5 Å². The Kier molecular flexibility index (Phi) is 6.14. The first-order chi connectivity index (χ1) is 11.5. The summed E-state index contributed by atoms with van der Waals surface area (Å²) in [4.78, 5) is 23.4. The molecule has 128 valence electrons. The van der Waals surface area contributed by atoms with E-state index in [1.165, 1.54) is 7.11 Å². The standard InChI is InChI=1S/C18H22N2O4/c1-12-4-6-14(7-5-12)17(21)20-9-8-19-11-15-10-16(13(2)24-15)18(22)23-3/h4-7,10,19H,8-9,11H2,1-3H3,(H,20,21). The topological polar surface area (TPSA) is 80.6 Å². The van der Waals surface area contributed by atoms with Crippen molar-refractivity contribution in [2.24, 2.45) is 0 Å². The predicted octanol–water partition coefficient (Wildman–Crippen LogP) is 2.20. The molecule has 1 aromatic carbocycles. The number of benzene rings is 1. The first-order valence-corrected chi connectivity index (χ1v) is 7.74. The largest absolute Gasteiger partial charge is 0.465 e. The van der Waals surface area contributed by atoms with E-state index < -0.39 is 5.97 Å². The van der Waals surface area contributed by atoms with Crippen molar-refractivity contribution < 1.29 is 18.7 Å². The molecular formula is C18H22N2O4. The zero-order valence-electron chi connectivity index (χ0n) is 14.1. The van der Waals surface area contributed by atoms with Crippen molar-refractivity contribution in [2.75, 3.05) is 20.2 Å². The van der Waals surface area contributed by atoms with Crippen LogP contribution < -0.4 is 10.6 Å². The fourth-order valence-corrected chi connectivity index (χ4v) is 2.23. The summed E-state index contributed by atoms with van der Waals surface area (Å²) in [6, 6.07) is 9.09. The lowest BCUT2D eigenvalue weighted by Gasteiger charge is -2.06. The molecule has 0 aliphatic carbocycles. The Balaban J connectivity index is 1.72. The number of amides is 1. The number of rotatable bonds is 7. The number of aryl methyl sites for hydroxylation is 2. The molecule has 0 saturated heterocycles. The second-order valence-electron chi connectivity index (χ2n) is 5.47. The lowest BCUT2D eigenvalue weighted by Crippen LogP contribution is -2.31. The molecule has 2 aromatic rings. The van der Waals surface area contributed by atoms with Crippen molar-refractivity contribution in [2.45, 2.75) is 20.4 Å². The van der Waals surface area contributed by atoms with Crippen LogP contribution in [0.3, 0.4) is 0 Å². The molecule has 0 atom stereocenters. The van der Waals surface area contributed by atoms with Crippen molar-refractivity contribution in [3.8, 4) is 0 Å². The van der Waals surface area contributed by atoms with Gasteiger partial charge in [-0.15, -0.1) is 0 Å². The van der Waals surface area contributed by atoms with Crippen LogP contribution >= 0.6 is 0 Å². The number of nitrogens with one attached hydrogen (secondary N) is 2. The zero-order valence-corrected chi connectivity index (χ0v) is 14.1. The van der Waals surface area contributed by atoms with E-state index in [1.54, 1.807) is 25.1 Å². The maximum absolute atomic E-state index is 11.9. The number of carbonyl (C=O) groups excluding carboxylic acids is 2. The molecule has 0 radical (unpaired) electrons. The van der Waals surface area contributed by atoms with Gasteiger partial charge in [-0.3, -0.25) is 4.79 Å². The Labute approximate surface area is 141 Å². The summed E-state index contributed by atoms with van der Waals surface area (Å²) in [6.45, 7) is 5.25. The van der Waals surface area contributed by atoms with Crippen molar-refractivity contribution in [1.82, 2.24) is 10.6 Å². The van der Waals surface area contributed by atoms with Gasteiger partial charge >= 0.3 is 5.97 Å². The summed E-state index contributed by atoms with van der Waals surface area (Å²) in [6.07, 6.45) is 0. The highest BCUT2D eigenvalue weighted by Crippen LogP contribution is 2.15. The molecule has 1 heterocycles. The lowest BCUT2D eigenvalue weighted by molar-refractivity contribution is 0.0598. The minimum Gasteiger partial charge on any atom is -0.465 e. The molecule has 0 saturated carbocycles. The average molecular weight is 330 g/mol. The van der Waals surface area contributed by atoms with Gasteiger partial charge in [0.1, 0.15) is 17.1 Å². The molecular weight excluding hydrogens is 308 g/mol. The van der Waals surface area contributed by atoms with Crippen LogP contribution in [0.15, 0.2) is 34.7 Å². The molecule has 0 spiro atoms. The van der Waals surface area contributed by atoms with E-state index in [9.17, 15) is 9.59 Å². The highest BCUT2D eigenvalue weighted by Gasteiger charge is 2.14. The van der Waals surface area contributed by atoms with Gasteiger partial charge in [0.2, 0.25) is 0 Å². The molecule has 2 N–H and O–H groups in total. The van der Waals surface area contributed by atoms with Crippen LogP contribution in [-0.2, 0) is 11.3 Å². The molecule has 0 bridgehead atoms. The molecule has 2 rings (SSSR count). The summed E-state index contributed by atoms with van der Waals surface area (Å²) >= 11 is 0. The molecule has 0 aliphatic rings. The second-order valence-corrected chi connectivity index (χ2v) is 5.47. The van der Waals surface area contributed by atoms with Crippen LogP contribution in [0.5, 0.6) is 0 Å². The summed E-state index contributed by atoms with van der Waals surface area (Å²) in [5.74, 6) is 0.676. The molecule has 6 heteroatoms. The Morgan fingerprint density at radius 3 is 2.50 bits per heavy atom. The number of hydrogen-bond acceptors (Lipinski definition) is 5. The number of hydrogen-bond donors (Lipinski definition) is 2. The molecule has 1 amide bonds. The van der Waals surface area contributed by atoms with Crippen molar-refractivity contribution in [1.29, 1.82) is 0 Å². The normalized spacial score (nSPS) is 10.5. The van der Waals surface area contributed by atoms with E-state index in [-0.39, 0.29) is 5.91 Å². The third-order valence-electron chi connectivity index (χ3n) is 3.57. The first kappa shape index (κ1) is 17.7. The van der Waals surface area contributed by atoms with Crippen LogP contribution in [0.25, 0.3) is 0 Å². The molecule has 1 aromatic heterocycles. The molecule has 0 unspecified atom stereocenters. The summed E-state index contributed by atoms with van der Waals surface area (Å²) in [5.41, 5.74) is 2.19. The lowest BCUT2D eigenvalue weighted by atomic mass is 10.1. The first-order valence-electron chi connectivity index (χ1n) is 7.74. The molecule has 0 aliphatic heterocycles. The SMILES string of the molecule is COC(=O)c1cc(CNCCNC(=O)c2ccc(C)cc2)oc1C. The van der Waals surface area contributed by atoms with E-state index in [0.29, 0.717) is 42.3 Å². The number of carbonyl (C=O) groups is 2. The maximum atomic E-state index is 11.9. The number of esters is 1. The van der Waals surface area contributed by atoms with E-state index in [4.69, 9.17) is 4.42 Å². The highest BCUT2D eigenvalue weighted by molar-refractivity contribution is 5.94. The molecule has 0 fully saturated rings. The number of methoxy groups -OCH3 is 1. The Morgan fingerprint density at radius 1 is 1.12 bits per heavy atom. The number of furan rings is 1. The van der Waals surface area contributed by atoms with Gasteiger partial charge in [-0.2, -0.15) is 0 Å². The quantitative estimate of drug-likeness (QED) is 0.601. The van der Waals surface area contributed by atoms with E-state index in [1.807, 2.05) is 19.1 Å². The molecule has 6 nitrogen and oxygen atoms in total. The Morgan fingerprint density at radius 2 is 1.83 bits per heavy atom. The van der Waals surface area contributed by atoms with Gasteiger partial charge < -0.3 is 19.8 Å². The monoisotopic (exact) mass is 330 g/mol. The smallest absolute Gasteiger partial charge is 0.341 e. The minimum atomic E-state index is -0.409. The van der Waals surface area contributed by atoms with Crippen molar-refractivity contribution in [3.63, 3.8) is 0 Å². The zero-order chi connectivity index (χ0) is 17.5. The summed E-state index contributed by atoms with van der Waals surface area (Å²) in [7, 11) is 1.34. The predicted molar refractivity (Wildman–Crippen MR) is 90.0 cm³/mol. The van der Waals surface area contributed by atoms with Gasteiger partial charge in [0.25, 0.3) is 5.91 Å². The van der Waals surface area contributed by atoms with Gasteiger partial charge in [-0.1, -0.05) is 17.7 Å². The minimum absolute atomic E-state index is 0.0985. The van der Waals surface area contributed by atoms with E-state index in [2.05, 4.69) is 15.4 Å². The fourth-order valence-electron chi connectivity index (χ4n) is 2.23. The second kappa shape index (κ2) is 8.31. The van der Waals surface area contributed by atoms with Crippen molar-refractivity contribution >= 4 is 11.9 Å². The average Bonchev–Trinajstić information content (AvgIpc) is 2.95. The van der Waals surface area contributed by atoms with Crippen LogP contribution in [-0.4, -0.2) is 32.1 Å². The van der Waals surface area contributed by atoms with Gasteiger partial charge in [-0.25, -0.2) is 4.79 Å². The Hall–Kier alpha value is -2.60. The third kappa shape index (κ3) is 4.70. The van der Waals surface area contributed by atoms with Crippen LogP contribution in [0.2, 0.25) is 0 Å².